The van der Waals surface area contributed by atoms with Gasteiger partial charge >= 0.3 is 0 Å². The van der Waals surface area contributed by atoms with Gasteiger partial charge in [0.1, 0.15) is 11.7 Å². The lowest BCUT2D eigenvalue weighted by atomic mass is 9.66. The Kier molecular flexibility index (Phi) is 2.45. The molecule has 1 fully saturated rings. The van der Waals surface area contributed by atoms with Gasteiger partial charge in [0.2, 0.25) is 0 Å². The van der Waals surface area contributed by atoms with Crippen molar-refractivity contribution in [3.8, 4) is 0 Å². The van der Waals surface area contributed by atoms with Crippen molar-refractivity contribution in [2.24, 2.45) is 10.8 Å². The molecule has 3 rings (SSSR count). The zero-order valence-electron chi connectivity index (χ0n) is 11.6. The molecular weight excluding hydrogens is 244 g/mol. The Bertz CT molecular complexity index is 498. The molecule has 3 aliphatic carbocycles. The predicted octanol–water partition coefficient (Wildman–Crippen LogP) is 0.508. The van der Waals surface area contributed by atoms with E-state index in [9.17, 15) is 20.4 Å². The summed E-state index contributed by atoms with van der Waals surface area (Å²) in [6.45, 7) is 5.19. The van der Waals surface area contributed by atoms with E-state index in [1.807, 2.05) is 6.92 Å². The lowest BCUT2D eigenvalue weighted by Gasteiger charge is -2.44. The van der Waals surface area contributed by atoms with Crippen LogP contribution >= 0.6 is 0 Å². The van der Waals surface area contributed by atoms with Crippen LogP contribution in [0.3, 0.4) is 0 Å². The molecule has 0 heterocycles. The van der Waals surface area contributed by atoms with E-state index in [1.54, 1.807) is 19.9 Å². The van der Waals surface area contributed by atoms with Crippen LogP contribution in [0.5, 0.6) is 0 Å². The molecule has 0 saturated heterocycles. The van der Waals surface area contributed by atoms with Gasteiger partial charge in [-0.15, -0.1) is 0 Å². The minimum atomic E-state index is -1.20. The fourth-order valence-electron chi connectivity index (χ4n) is 3.99. The van der Waals surface area contributed by atoms with Crippen molar-refractivity contribution in [2.45, 2.75) is 51.4 Å². The molecule has 0 unspecified atom stereocenters. The third-order valence-electron chi connectivity index (χ3n) is 5.70. The second-order valence-corrected chi connectivity index (χ2v) is 6.84. The second kappa shape index (κ2) is 3.50. The Balaban J connectivity index is 2.22. The fraction of sp³-hybridized carbons (Fsp3) is 0.733. The Hall–Kier alpha value is -0.680. The third-order valence-corrected chi connectivity index (χ3v) is 5.70. The highest BCUT2D eigenvalue weighted by Gasteiger charge is 2.66. The standard InChI is InChI=1S/C15H22O4/c1-8-10-9(6-13(2,7-16)12(10)18)11(17)14(3,19)15(8)4-5-15/h6,11-12,16-19H,4-5,7H2,1-3H3/t11-,12+,13+,14+/m0/s1. The molecule has 0 amide bonds. The average Bonchev–Trinajstić information content (AvgIpc) is 3.12. The van der Waals surface area contributed by atoms with Gasteiger partial charge in [-0.1, -0.05) is 18.6 Å². The van der Waals surface area contributed by atoms with Gasteiger partial charge in [0.05, 0.1) is 12.7 Å². The van der Waals surface area contributed by atoms with Crippen molar-refractivity contribution in [1.82, 2.24) is 0 Å². The number of hydrogen-bond acceptors (Lipinski definition) is 4. The normalized spacial score (nSPS) is 47.4. The molecule has 0 aliphatic heterocycles. The van der Waals surface area contributed by atoms with Crippen molar-refractivity contribution < 1.29 is 20.4 Å². The lowest BCUT2D eigenvalue weighted by molar-refractivity contribution is -0.0901. The molecule has 4 nitrogen and oxygen atoms in total. The number of rotatable bonds is 1. The largest absolute Gasteiger partial charge is 0.395 e. The maximum absolute atomic E-state index is 10.7. The van der Waals surface area contributed by atoms with Crippen LogP contribution in [0.15, 0.2) is 22.8 Å². The quantitative estimate of drug-likeness (QED) is 0.557. The highest BCUT2D eigenvalue weighted by molar-refractivity contribution is 5.57. The monoisotopic (exact) mass is 266 g/mol. The molecule has 4 heteroatoms. The van der Waals surface area contributed by atoms with E-state index < -0.39 is 28.6 Å². The first-order chi connectivity index (χ1) is 8.71. The summed E-state index contributed by atoms with van der Waals surface area (Å²) < 4.78 is 0. The molecule has 0 radical (unpaired) electrons. The van der Waals surface area contributed by atoms with Gasteiger partial charge < -0.3 is 20.4 Å². The van der Waals surface area contributed by atoms with Crippen LogP contribution in [0, 0.1) is 10.8 Å². The molecule has 4 atom stereocenters. The maximum Gasteiger partial charge on any atom is 0.108 e. The molecule has 1 saturated carbocycles. The molecule has 106 valence electrons. The summed E-state index contributed by atoms with van der Waals surface area (Å²) in [4.78, 5) is 0. The minimum absolute atomic E-state index is 0.184. The predicted molar refractivity (Wildman–Crippen MR) is 70.3 cm³/mol. The highest BCUT2D eigenvalue weighted by Crippen LogP contribution is 2.66. The van der Waals surface area contributed by atoms with Crippen molar-refractivity contribution in [1.29, 1.82) is 0 Å². The lowest BCUT2D eigenvalue weighted by Crippen LogP contribution is -2.52. The molecule has 0 bridgehead atoms. The molecule has 4 N–H and O–H groups in total. The van der Waals surface area contributed by atoms with Crippen LogP contribution in [0.4, 0.5) is 0 Å². The van der Waals surface area contributed by atoms with Gasteiger partial charge in [-0.3, -0.25) is 0 Å². The van der Waals surface area contributed by atoms with Gasteiger partial charge in [-0.05, 0) is 37.8 Å². The Morgan fingerprint density at radius 3 is 2.26 bits per heavy atom. The van der Waals surface area contributed by atoms with E-state index in [2.05, 4.69) is 0 Å². The van der Waals surface area contributed by atoms with Crippen LogP contribution in [0.1, 0.15) is 33.6 Å². The van der Waals surface area contributed by atoms with E-state index in [0.29, 0.717) is 5.57 Å². The third kappa shape index (κ3) is 1.33. The molecule has 1 spiro atoms. The average molecular weight is 266 g/mol. The zero-order chi connectivity index (χ0) is 14.2. The fourth-order valence-corrected chi connectivity index (χ4v) is 3.99. The van der Waals surface area contributed by atoms with Gasteiger partial charge in [0, 0.05) is 10.8 Å². The zero-order valence-corrected chi connectivity index (χ0v) is 11.6. The Labute approximate surface area is 113 Å². The van der Waals surface area contributed by atoms with E-state index in [4.69, 9.17) is 0 Å². The minimum Gasteiger partial charge on any atom is -0.395 e. The van der Waals surface area contributed by atoms with E-state index in [1.165, 1.54) is 0 Å². The summed E-state index contributed by atoms with van der Waals surface area (Å²) in [7, 11) is 0. The molecule has 3 aliphatic rings. The number of aliphatic hydroxyl groups excluding tert-OH is 3. The van der Waals surface area contributed by atoms with Crippen molar-refractivity contribution in [3.63, 3.8) is 0 Å². The van der Waals surface area contributed by atoms with Gasteiger partial charge in [0.15, 0.2) is 0 Å². The summed E-state index contributed by atoms with van der Waals surface area (Å²) in [5.74, 6) is 0. The molecule has 0 aromatic carbocycles. The second-order valence-electron chi connectivity index (χ2n) is 6.84. The Morgan fingerprint density at radius 2 is 1.79 bits per heavy atom. The molecule has 19 heavy (non-hydrogen) atoms. The van der Waals surface area contributed by atoms with Crippen LogP contribution in [-0.2, 0) is 0 Å². The number of fused-ring (bicyclic) bond motifs is 1. The molecular formula is C15H22O4. The first-order valence-corrected chi connectivity index (χ1v) is 6.85. The van der Waals surface area contributed by atoms with Crippen molar-refractivity contribution >= 4 is 0 Å². The summed E-state index contributed by atoms with van der Waals surface area (Å²) >= 11 is 0. The molecule has 0 aromatic heterocycles. The summed E-state index contributed by atoms with van der Waals surface area (Å²) in [5.41, 5.74) is -0.0901. The van der Waals surface area contributed by atoms with Crippen LogP contribution in [0.2, 0.25) is 0 Å². The topological polar surface area (TPSA) is 80.9 Å². The molecule has 0 aromatic rings. The Morgan fingerprint density at radius 1 is 1.21 bits per heavy atom. The first-order valence-electron chi connectivity index (χ1n) is 6.85. The van der Waals surface area contributed by atoms with Crippen LogP contribution in [-0.4, -0.2) is 44.8 Å². The summed E-state index contributed by atoms with van der Waals surface area (Å²) in [6.07, 6.45) is 1.59. The summed E-state index contributed by atoms with van der Waals surface area (Å²) in [6, 6.07) is 0. The van der Waals surface area contributed by atoms with Gasteiger partial charge in [-0.2, -0.15) is 0 Å². The highest BCUT2D eigenvalue weighted by atomic mass is 16.3. The first kappa shape index (κ1) is 13.3. The summed E-state index contributed by atoms with van der Waals surface area (Å²) in [5, 5.41) is 41.2. The van der Waals surface area contributed by atoms with E-state index >= 15 is 0 Å². The number of hydrogen-bond donors (Lipinski definition) is 4. The smallest absolute Gasteiger partial charge is 0.108 e. The SMILES string of the molecule is CC1=C2C(=C[C@](C)(CO)[C@@H]2O)[C@H](O)[C@@](C)(O)C12CC2. The van der Waals surface area contributed by atoms with Gasteiger partial charge in [0.25, 0.3) is 0 Å². The van der Waals surface area contributed by atoms with Gasteiger partial charge in [-0.25, -0.2) is 0 Å². The van der Waals surface area contributed by atoms with Crippen molar-refractivity contribution in [2.75, 3.05) is 6.61 Å². The van der Waals surface area contributed by atoms with Crippen LogP contribution < -0.4 is 0 Å². The number of aliphatic hydroxyl groups is 4. The van der Waals surface area contributed by atoms with Crippen LogP contribution in [0.25, 0.3) is 0 Å². The van der Waals surface area contributed by atoms with E-state index in [0.717, 1.165) is 24.0 Å². The maximum atomic E-state index is 10.7. The van der Waals surface area contributed by atoms with Crippen molar-refractivity contribution in [3.05, 3.63) is 22.8 Å². The van der Waals surface area contributed by atoms with E-state index in [-0.39, 0.29) is 6.61 Å².